The molecule has 2 heterocycles. The van der Waals surface area contributed by atoms with Crippen molar-refractivity contribution < 1.29 is 9.53 Å². The highest BCUT2D eigenvalue weighted by Gasteiger charge is 2.52. The maximum Gasteiger partial charge on any atom is 0.243 e. The second kappa shape index (κ2) is 3.99. The molecule has 3 aliphatic rings. The number of carbonyl (C=O) groups is 1. The minimum atomic E-state index is -0.758. The van der Waals surface area contributed by atoms with Crippen molar-refractivity contribution in [3.8, 4) is 11.8 Å². The maximum atomic E-state index is 12.8. The zero-order chi connectivity index (χ0) is 13.7. The van der Waals surface area contributed by atoms with Crippen LogP contribution in [0, 0.1) is 16.7 Å². The third kappa shape index (κ3) is 1.44. The number of nitrogens with zero attached hydrogens (tertiary/aromatic N) is 2. The van der Waals surface area contributed by atoms with Gasteiger partial charge in [-0.15, -0.1) is 0 Å². The number of rotatable bonds is 1. The highest BCUT2D eigenvalue weighted by Crippen LogP contribution is 2.48. The van der Waals surface area contributed by atoms with Crippen LogP contribution in [0.5, 0.6) is 5.75 Å². The standard InChI is InChI=1S/C16H16N2O2/c17-10-16(6-3-7-16)15(19)18-9-11-8-13(18)12-4-1-2-5-14(12)20-11/h1-2,4-5,11,13H,3,6-9H2/t11-,13-/m0/s1. The molecule has 20 heavy (non-hydrogen) atoms. The quantitative estimate of drug-likeness (QED) is 0.786. The number of hydrogen-bond donors (Lipinski definition) is 0. The molecule has 4 rings (SSSR count). The topological polar surface area (TPSA) is 53.3 Å². The van der Waals surface area contributed by atoms with Crippen LogP contribution >= 0.6 is 0 Å². The molecule has 0 N–H and O–H groups in total. The summed E-state index contributed by atoms with van der Waals surface area (Å²) >= 11 is 0. The largest absolute Gasteiger partial charge is 0.488 e. The molecule has 1 saturated heterocycles. The van der Waals surface area contributed by atoms with E-state index < -0.39 is 5.41 Å². The number of ether oxygens (including phenoxy) is 1. The van der Waals surface area contributed by atoms with Gasteiger partial charge in [0.2, 0.25) is 5.91 Å². The fourth-order valence-corrected chi connectivity index (χ4v) is 3.62. The number of nitriles is 1. The number of amides is 1. The monoisotopic (exact) mass is 268 g/mol. The molecule has 1 saturated carbocycles. The van der Waals surface area contributed by atoms with E-state index in [1.807, 2.05) is 29.2 Å². The lowest BCUT2D eigenvalue weighted by Gasteiger charge is -2.38. The lowest BCUT2D eigenvalue weighted by molar-refractivity contribution is -0.144. The first kappa shape index (κ1) is 11.8. The molecule has 102 valence electrons. The summed E-state index contributed by atoms with van der Waals surface area (Å²) in [6.45, 7) is 0.613. The van der Waals surface area contributed by atoms with Crippen molar-refractivity contribution in [2.24, 2.45) is 5.41 Å². The lowest BCUT2D eigenvalue weighted by atomic mass is 9.69. The highest BCUT2D eigenvalue weighted by molar-refractivity contribution is 5.87. The number of carbonyl (C=O) groups excluding carboxylic acids is 1. The molecule has 2 bridgehead atoms. The fraction of sp³-hybridized carbons (Fsp3) is 0.500. The lowest BCUT2D eigenvalue weighted by Crippen LogP contribution is -2.47. The summed E-state index contributed by atoms with van der Waals surface area (Å²) in [6, 6.07) is 10.3. The number of benzene rings is 1. The number of fused-ring (bicyclic) bond motifs is 4. The van der Waals surface area contributed by atoms with E-state index in [-0.39, 0.29) is 18.1 Å². The van der Waals surface area contributed by atoms with Gasteiger partial charge in [0.25, 0.3) is 0 Å². The Balaban J connectivity index is 1.69. The zero-order valence-corrected chi connectivity index (χ0v) is 11.2. The summed E-state index contributed by atoms with van der Waals surface area (Å²) in [7, 11) is 0. The Morgan fingerprint density at radius 1 is 1.40 bits per heavy atom. The summed E-state index contributed by atoms with van der Waals surface area (Å²) in [5.74, 6) is 0.905. The van der Waals surface area contributed by atoms with Crippen LogP contribution in [-0.4, -0.2) is 23.5 Å². The van der Waals surface area contributed by atoms with Crippen LogP contribution < -0.4 is 4.74 Å². The SMILES string of the molecule is N#CC1(C(=O)N2C[C@@H]3C[C@H]2c2ccccc2O3)CCC1. The Labute approximate surface area is 117 Å². The first-order valence-corrected chi connectivity index (χ1v) is 7.21. The average Bonchev–Trinajstić information content (AvgIpc) is 2.76. The van der Waals surface area contributed by atoms with Gasteiger partial charge in [0.15, 0.2) is 0 Å². The molecule has 4 heteroatoms. The Morgan fingerprint density at radius 3 is 2.90 bits per heavy atom. The summed E-state index contributed by atoms with van der Waals surface area (Å²) in [5.41, 5.74) is 0.328. The molecule has 1 aliphatic carbocycles. The van der Waals surface area contributed by atoms with E-state index in [0.717, 1.165) is 24.2 Å². The Kier molecular flexibility index (Phi) is 2.35. The van der Waals surface area contributed by atoms with Crippen LogP contribution in [0.25, 0.3) is 0 Å². The van der Waals surface area contributed by atoms with Gasteiger partial charge >= 0.3 is 0 Å². The van der Waals surface area contributed by atoms with E-state index >= 15 is 0 Å². The minimum Gasteiger partial charge on any atom is -0.488 e. The van der Waals surface area contributed by atoms with Crippen LogP contribution in [0.3, 0.4) is 0 Å². The van der Waals surface area contributed by atoms with Crippen LogP contribution in [0.2, 0.25) is 0 Å². The van der Waals surface area contributed by atoms with Crippen molar-refractivity contribution in [2.45, 2.75) is 37.8 Å². The van der Waals surface area contributed by atoms with Gasteiger partial charge in [0.05, 0.1) is 18.7 Å². The summed E-state index contributed by atoms with van der Waals surface area (Å²) < 4.78 is 5.92. The van der Waals surface area contributed by atoms with Gasteiger partial charge in [-0.2, -0.15) is 5.26 Å². The fourth-order valence-electron chi connectivity index (χ4n) is 3.62. The van der Waals surface area contributed by atoms with Gasteiger partial charge in [0.1, 0.15) is 17.3 Å². The van der Waals surface area contributed by atoms with Crippen molar-refractivity contribution in [1.29, 1.82) is 5.26 Å². The van der Waals surface area contributed by atoms with E-state index in [1.165, 1.54) is 0 Å². The molecule has 2 atom stereocenters. The summed E-state index contributed by atoms with van der Waals surface area (Å²) in [6.07, 6.45) is 3.32. The van der Waals surface area contributed by atoms with E-state index in [4.69, 9.17) is 4.74 Å². The molecule has 0 radical (unpaired) electrons. The van der Waals surface area contributed by atoms with E-state index in [2.05, 4.69) is 6.07 Å². The zero-order valence-electron chi connectivity index (χ0n) is 11.2. The predicted octanol–water partition coefficient (Wildman–Crippen LogP) is 2.41. The Morgan fingerprint density at radius 2 is 2.20 bits per heavy atom. The molecule has 1 amide bonds. The third-order valence-corrected chi connectivity index (χ3v) is 4.93. The molecule has 2 fully saturated rings. The first-order chi connectivity index (χ1) is 9.73. The molecule has 1 aromatic carbocycles. The molecule has 1 aromatic rings. The average molecular weight is 268 g/mol. The minimum absolute atomic E-state index is 0.0130. The molecule has 0 aromatic heterocycles. The summed E-state index contributed by atoms with van der Waals surface area (Å²) in [5, 5.41) is 9.37. The van der Waals surface area contributed by atoms with Crippen molar-refractivity contribution in [1.82, 2.24) is 4.90 Å². The summed E-state index contributed by atoms with van der Waals surface area (Å²) in [4.78, 5) is 14.7. The number of likely N-dealkylation sites (tertiary alicyclic amines) is 1. The third-order valence-electron chi connectivity index (χ3n) is 4.93. The van der Waals surface area contributed by atoms with Crippen LogP contribution in [0.1, 0.15) is 37.3 Å². The molecular formula is C16H16N2O2. The Hall–Kier alpha value is -2.02. The smallest absolute Gasteiger partial charge is 0.243 e. The first-order valence-electron chi connectivity index (χ1n) is 7.21. The second-order valence-corrected chi connectivity index (χ2v) is 6.03. The van der Waals surface area contributed by atoms with Gasteiger partial charge in [-0.25, -0.2) is 0 Å². The van der Waals surface area contributed by atoms with Crippen LogP contribution in [0.4, 0.5) is 0 Å². The normalized spacial score (nSPS) is 28.9. The second-order valence-electron chi connectivity index (χ2n) is 6.03. The molecule has 2 aliphatic heterocycles. The Bertz CT molecular complexity index is 615. The maximum absolute atomic E-state index is 12.8. The predicted molar refractivity (Wildman–Crippen MR) is 71.8 cm³/mol. The van der Waals surface area contributed by atoms with Crippen LogP contribution in [0.15, 0.2) is 24.3 Å². The number of hydrogen-bond acceptors (Lipinski definition) is 3. The number of para-hydroxylation sites is 1. The molecule has 0 spiro atoms. The van der Waals surface area contributed by atoms with Gasteiger partial charge in [-0.05, 0) is 25.3 Å². The van der Waals surface area contributed by atoms with Crippen molar-refractivity contribution in [3.63, 3.8) is 0 Å². The van der Waals surface area contributed by atoms with E-state index in [0.29, 0.717) is 19.4 Å². The van der Waals surface area contributed by atoms with E-state index in [9.17, 15) is 10.1 Å². The van der Waals surface area contributed by atoms with E-state index in [1.54, 1.807) is 0 Å². The van der Waals surface area contributed by atoms with Gasteiger partial charge in [-0.3, -0.25) is 4.79 Å². The van der Waals surface area contributed by atoms with Gasteiger partial charge < -0.3 is 9.64 Å². The van der Waals surface area contributed by atoms with Crippen molar-refractivity contribution in [2.75, 3.05) is 6.54 Å². The molecule has 4 nitrogen and oxygen atoms in total. The highest BCUT2D eigenvalue weighted by atomic mass is 16.5. The molecular weight excluding hydrogens is 252 g/mol. The molecule has 0 unspecified atom stereocenters. The van der Waals surface area contributed by atoms with Crippen molar-refractivity contribution >= 4 is 5.91 Å². The van der Waals surface area contributed by atoms with Crippen LogP contribution in [-0.2, 0) is 4.79 Å². The van der Waals surface area contributed by atoms with Gasteiger partial charge in [-0.1, -0.05) is 18.2 Å². The van der Waals surface area contributed by atoms with Gasteiger partial charge in [0, 0.05) is 12.0 Å². The van der Waals surface area contributed by atoms with Crippen molar-refractivity contribution in [3.05, 3.63) is 29.8 Å².